The molecule has 0 spiro atoms. The molecule has 1 aliphatic carbocycles. The van der Waals surface area contributed by atoms with Gasteiger partial charge in [-0.05, 0) is 56.4 Å². The maximum absolute atomic E-state index is 13.6. The van der Waals surface area contributed by atoms with Crippen molar-refractivity contribution in [1.29, 1.82) is 0 Å². The van der Waals surface area contributed by atoms with E-state index in [1.54, 1.807) is 23.2 Å². The topological polar surface area (TPSA) is 93.5 Å². The molecule has 1 atom stereocenters. The zero-order valence-electron chi connectivity index (χ0n) is 18.8. The van der Waals surface area contributed by atoms with E-state index in [2.05, 4.69) is 17.3 Å². The average molecular weight is 459 g/mol. The Morgan fingerprint density at radius 2 is 2.06 bits per heavy atom. The van der Waals surface area contributed by atoms with Crippen LogP contribution in [0.3, 0.4) is 0 Å². The van der Waals surface area contributed by atoms with Crippen molar-refractivity contribution in [2.75, 3.05) is 13.7 Å². The van der Waals surface area contributed by atoms with Gasteiger partial charge in [0.05, 0.1) is 13.7 Å². The van der Waals surface area contributed by atoms with Crippen molar-refractivity contribution in [3.05, 3.63) is 39.8 Å². The summed E-state index contributed by atoms with van der Waals surface area (Å²) in [5.74, 6) is -0.393. The molecule has 0 aromatic carbocycles. The molecule has 0 radical (unpaired) electrons. The number of ether oxygens (including phenoxy) is 1. The lowest BCUT2D eigenvalue weighted by atomic mass is 9.86. The Hall–Kier alpha value is -2.68. The average Bonchev–Trinajstić information content (AvgIpc) is 3.44. The molecule has 172 valence electrons. The maximum atomic E-state index is 13.6. The Labute approximate surface area is 191 Å². The number of esters is 1. The summed E-state index contributed by atoms with van der Waals surface area (Å²) in [5.41, 5.74) is -0.739. The lowest BCUT2D eigenvalue weighted by Gasteiger charge is -2.44. The van der Waals surface area contributed by atoms with Gasteiger partial charge in [-0.1, -0.05) is 13.0 Å². The van der Waals surface area contributed by atoms with E-state index in [1.807, 2.05) is 17.5 Å². The van der Waals surface area contributed by atoms with Crippen LogP contribution in [0, 0.1) is 5.92 Å². The molecular weight excluding hydrogens is 428 g/mol. The molecule has 8 nitrogen and oxygen atoms in total. The van der Waals surface area contributed by atoms with E-state index in [-0.39, 0.29) is 30.1 Å². The summed E-state index contributed by atoms with van der Waals surface area (Å²) < 4.78 is 6.23. The first-order valence-corrected chi connectivity index (χ1v) is 12.0. The van der Waals surface area contributed by atoms with E-state index in [1.165, 1.54) is 17.9 Å². The predicted molar refractivity (Wildman–Crippen MR) is 121 cm³/mol. The van der Waals surface area contributed by atoms with Gasteiger partial charge in [-0.3, -0.25) is 14.3 Å². The highest BCUT2D eigenvalue weighted by molar-refractivity contribution is 7.09. The Bertz CT molecular complexity index is 994. The second-order valence-corrected chi connectivity index (χ2v) is 10.1. The number of carbonyl (C=O) groups excluding carboxylic acids is 3. The lowest BCUT2D eigenvalue weighted by Crippen LogP contribution is -2.65. The molecule has 9 heteroatoms. The van der Waals surface area contributed by atoms with Gasteiger partial charge in [0.1, 0.15) is 11.2 Å². The summed E-state index contributed by atoms with van der Waals surface area (Å²) in [6.07, 6.45) is 4.74. The zero-order chi connectivity index (χ0) is 22.9. The number of nitrogens with one attached hydrogen (secondary N) is 1. The van der Waals surface area contributed by atoms with Gasteiger partial charge >= 0.3 is 5.97 Å². The van der Waals surface area contributed by atoms with Gasteiger partial charge in [0.2, 0.25) is 5.91 Å². The van der Waals surface area contributed by atoms with E-state index < -0.39 is 11.5 Å². The summed E-state index contributed by atoms with van der Waals surface area (Å²) >= 11 is 1.63. The van der Waals surface area contributed by atoms with Gasteiger partial charge in [-0.2, -0.15) is 5.10 Å². The van der Waals surface area contributed by atoms with Crippen molar-refractivity contribution >= 4 is 29.1 Å². The van der Waals surface area contributed by atoms with E-state index >= 15 is 0 Å². The minimum Gasteiger partial charge on any atom is -0.464 e. The Morgan fingerprint density at radius 1 is 1.31 bits per heavy atom. The number of nitrogens with zero attached hydrogens (tertiary/aromatic N) is 3. The number of rotatable bonds is 6. The second kappa shape index (κ2) is 9.05. The number of aromatic nitrogens is 2. The molecule has 2 amide bonds. The van der Waals surface area contributed by atoms with Gasteiger partial charge in [0.25, 0.3) is 5.91 Å². The van der Waals surface area contributed by atoms with Crippen LogP contribution in [0.2, 0.25) is 0 Å². The molecule has 1 unspecified atom stereocenters. The molecule has 1 N–H and O–H groups in total. The number of thiophene rings is 1. The van der Waals surface area contributed by atoms with Crippen LogP contribution in [0.15, 0.2) is 23.6 Å². The highest BCUT2D eigenvalue weighted by atomic mass is 32.1. The monoisotopic (exact) mass is 458 g/mol. The van der Waals surface area contributed by atoms with Gasteiger partial charge < -0.3 is 15.0 Å². The van der Waals surface area contributed by atoms with Crippen LogP contribution in [0.1, 0.15) is 65.4 Å². The molecule has 1 fully saturated rings. The van der Waals surface area contributed by atoms with E-state index in [4.69, 9.17) is 4.74 Å². The first-order valence-electron chi connectivity index (χ1n) is 11.1. The summed E-state index contributed by atoms with van der Waals surface area (Å²) in [5, 5.41) is 9.47. The van der Waals surface area contributed by atoms with E-state index in [0.29, 0.717) is 24.6 Å². The number of amides is 2. The SMILES string of the molecule is COC(=O)c1cc2n(n1)CC(C)(C(=O)NC1CCC(C)CC1)N(CCc1cccs1)C2=O. The molecule has 0 bridgehead atoms. The van der Waals surface area contributed by atoms with Crippen molar-refractivity contribution in [1.82, 2.24) is 20.0 Å². The van der Waals surface area contributed by atoms with Crippen LogP contribution in [0.4, 0.5) is 0 Å². The van der Waals surface area contributed by atoms with Crippen LogP contribution in [0.25, 0.3) is 0 Å². The quantitative estimate of drug-likeness (QED) is 0.672. The molecule has 1 saturated carbocycles. The fourth-order valence-corrected chi connectivity index (χ4v) is 5.32. The second-order valence-electron chi connectivity index (χ2n) is 9.05. The summed E-state index contributed by atoms with van der Waals surface area (Å²) in [6.45, 7) is 4.63. The van der Waals surface area contributed by atoms with Crippen molar-refractivity contribution in [3.8, 4) is 0 Å². The first kappa shape index (κ1) is 22.5. The third kappa shape index (κ3) is 4.30. The number of hydrogen-bond donors (Lipinski definition) is 1. The van der Waals surface area contributed by atoms with Crippen molar-refractivity contribution in [2.24, 2.45) is 5.92 Å². The largest absolute Gasteiger partial charge is 0.464 e. The van der Waals surface area contributed by atoms with Crippen LogP contribution in [-0.4, -0.2) is 57.7 Å². The van der Waals surface area contributed by atoms with Crippen LogP contribution < -0.4 is 5.32 Å². The first-order chi connectivity index (χ1) is 15.3. The minimum absolute atomic E-state index is 0.0694. The van der Waals surface area contributed by atoms with Crippen molar-refractivity contribution in [2.45, 2.75) is 64.1 Å². The lowest BCUT2D eigenvalue weighted by molar-refractivity contribution is -0.134. The highest BCUT2D eigenvalue weighted by Gasteiger charge is 2.48. The number of fused-ring (bicyclic) bond motifs is 1. The molecule has 2 aromatic rings. The standard InChI is InChI=1S/C23H30N4O4S/c1-15-6-8-16(9-7-15)24-22(30)23(2)14-27-19(13-18(25-27)21(29)31-3)20(28)26(23)11-10-17-5-4-12-32-17/h4-5,12-13,15-16H,6-11,14H2,1-3H3,(H,24,30). The molecule has 4 rings (SSSR count). The third-order valence-corrected chi connectivity index (χ3v) is 7.63. The molecular formula is C23H30N4O4S. The predicted octanol–water partition coefficient (Wildman–Crippen LogP) is 2.88. The number of methoxy groups -OCH3 is 1. The molecule has 1 aliphatic heterocycles. The van der Waals surface area contributed by atoms with Gasteiger partial charge in [-0.15, -0.1) is 11.3 Å². The van der Waals surface area contributed by atoms with Gasteiger partial charge in [-0.25, -0.2) is 4.79 Å². The van der Waals surface area contributed by atoms with Gasteiger partial charge in [0.15, 0.2) is 5.69 Å². The van der Waals surface area contributed by atoms with Crippen molar-refractivity contribution in [3.63, 3.8) is 0 Å². The summed E-state index contributed by atoms with van der Waals surface area (Å²) in [6, 6.07) is 5.58. The van der Waals surface area contributed by atoms with Crippen LogP contribution in [0.5, 0.6) is 0 Å². The minimum atomic E-state index is -1.11. The number of carbonyl (C=O) groups is 3. The third-order valence-electron chi connectivity index (χ3n) is 6.69. The normalized spacial score (nSPS) is 25.3. The van der Waals surface area contributed by atoms with E-state index in [0.717, 1.165) is 30.6 Å². The van der Waals surface area contributed by atoms with E-state index in [9.17, 15) is 14.4 Å². The molecule has 32 heavy (non-hydrogen) atoms. The zero-order valence-corrected chi connectivity index (χ0v) is 19.6. The van der Waals surface area contributed by atoms with Crippen molar-refractivity contribution < 1.29 is 19.1 Å². The Morgan fingerprint density at radius 3 is 2.72 bits per heavy atom. The maximum Gasteiger partial charge on any atom is 0.358 e. The molecule has 3 heterocycles. The fraction of sp³-hybridized carbons (Fsp3) is 0.565. The van der Waals surface area contributed by atoms with Gasteiger partial charge in [0, 0.05) is 23.5 Å². The molecule has 0 saturated heterocycles. The molecule has 2 aromatic heterocycles. The Balaban J connectivity index is 1.61. The molecule has 2 aliphatic rings. The van der Waals surface area contributed by atoms with Crippen LogP contribution in [-0.2, 0) is 22.5 Å². The fourth-order valence-electron chi connectivity index (χ4n) is 4.62. The Kier molecular flexibility index (Phi) is 6.37. The summed E-state index contributed by atoms with van der Waals surface area (Å²) in [4.78, 5) is 41.8. The van der Waals surface area contributed by atoms with Crippen LogP contribution >= 0.6 is 11.3 Å². The number of hydrogen-bond acceptors (Lipinski definition) is 6. The smallest absolute Gasteiger partial charge is 0.358 e. The highest BCUT2D eigenvalue weighted by Crippen LogP contribution is 2.30. The summed E-state index contributed by atoms with van der Waals surface area (Å²) in [7, 11) is 1.28.